The molecular formula is C14H26N2O4. The summed E-state index contributed by atoms with van der Waals surface area (Å²) in [6, 6.07) is -0.651. The van der Waals surface area contributed by atoms with E-state index in [0.717, 1.165) is 25.7 Å². The van der Waals surface area contributed by atoms with E-state index in [1.54, 1.807) is 6.92 Å². The molecule has 0 saturated heterocycles. The van der Waals surface area contributed by atoms with Crippen molar-refractivity contribution in [2.24, 2.45) is 5.73 Å². The first kappa shape index (κ1) is 18.4. The summed E-state index contributed by atoms with van der Waals surface area (Å²) in [7, 11) is 0. The third kappa shape index (κ3) is 9.35. The second-order valence-electron chi connectivity index (χ2n) is 4.68. The summed E-state index contributed by atoms with van der Waals surface area (Å²) in [4.78, 5) is 34.0. The van der Waals surface area contributed by atoms with Gasteiger partial charge >= 0.3 is 5.97 Å². The lowest BCUT2D eigenvalue weighted by Crippen LogP contribution is -2.44. The summed E-state index contributed by atoms with van der Waals surface area (Å²) in [5, 5.41) is 2.57. The molecule has 0 unspecified atom stereocenters. The van der Waals surface area contributed by atoms with Crippen molar-refractivity contribution >= 4 is 17.8 Å². The summed E-state index contributed by atoms with van der Waals surface area (Å²) >= 11 is 0. The van der Waals surface area contributed by atoms with Crippen molar-refractivity contribution in [2.75, 3.05) is 6.61 Å². The van der Waals surface area contributed by atoms with Crippen LogP contribution in [0.1, 0.15) is 58.8 Å². The molecule has 3 N–H and O–H groups in total. The van der Waals surface area contributed by atoms with Crippen LogP contribution >= 0.6 is 0 Å². The highest BCUT2D eigenvalue weighted by atomic mass is 16.5. The first-order valence-corrected chi connectivity index (χ1v) is 7.25. The fourth-order valence-electron chi connectivity index (χ4n) is 1.78. The van der Waals surface area contributed by atoms with Gasteiger partial charge in [0.1, 0.15) is 6.04 Å². The van der Waals surface area contributed by atoms with Gasteiger partial charge in [-0.25, -0.2) is 0 Å². The largest absolute Gasteiger partial charge is 0.466 e. The van der Waals surface area contributed by atoms with Gasteiger partial charge in [0.05, 0.1) is 13.0 Å². The average molecular weight is 286 g/mol. The number of rotatable bonds is 11. The second kappa shape index (κ2) is 11.3. The highest BCUT2D eigenvalue weighted by molar-refractivity contribution is 5.87. The molecule has 0 aromatic heterocycles. The van der Waals surface area contributed by atoms with E-state index >= 15 is 0 Å². The Bertz CT molecular complexity index is 318. The number of amides is 2. The molecule has 6 nitrogen and oxygen atoms in total. The lowest BCUT2D eigenvalue weighted by molar-refractivity contribution is -0.144. The van der Waals surface area contributed by atoms with E-state index < -0.39 is 17.9 Å². The number of unbranched alkanes of at least 4 members (excludes halogenated alkanes) is 3. The summed E-state index contributed by atoms with van der Waals surface area (Å²) in [6.07, 6.45) is 4.63. The fourth-order valence-corrected chi connectivity index (χ4v) is 1.78. The molecule has 0 heterocycles. The Hall–Kier alpha value is -1.59. The zero-order valence-corrected chi connectivity index (χ0v) is 12.4. The van der Waals surface area contributed by atoms with Gasteiger partial charge in [0.2, 0.25) is 11.8 Å². The van der Waals surface area contributed by atoms with Crippen molar-refractivity contribution in [1.29, 1.82) is 0 Å². The summed E-state index contributed by atoms with van der Waals surface area (Å²) in [5.74, 6) is -1.30. The van der Waals surface area contributed by atoms with Crippen LogP contribution in [0.4, 0.5) is 0 Å². The van der Waals surface area contributed by atoms with Gasteiger partial charge in [0.25, 0.3) is 0 Å². The quantitative estimate of drug-likeness (QED) is 0.441. The average Bonchev–Trinajstić information content (AvgIpc) is 2.40. The summed E-state index contributed by atoms with van der Waals surface area (Å²) in [5.41, 5.74) is 5.26. The molecule has 0 fully saturated rings. The van der Waals surface area contributed by atoms with Crippen LogP contribution in [0.3, 0.4) is 0 Å². The number of primary amides is 1. The molecule has 0 aliphatic heterocycles. The van der Waals surface area contributed by atoms with Gasteiger partial charge in [0.15, 0.2) is 0 Å². The van der Waals surface area contributed by atoms with Gasteiger partial charge in [-0.1, -0.05) is 32.6 Å². The van der Waals surface area contributed by atoms with Crippen LogP contribution in [-0.4, -0.2) is 30.4 Å². The first-order valence-electron chi connectivity index (χ1n) is 7.25. The Kier molecular flexibility index (Phi) is 10.4. The van der Waals surface area contributed by atoms with Crippen molar-refractivity contribution < 1.29 is 19.1 Å². The van der Waals surface area contributed by atoms with E-state index in [2.05, 4.69) is 12.2 Å². The predicted octanol–water partition coefficient (Wildman–Crippen LogP) is 1.27. The third-order valence-corrected chi connectivity index (χ3v) is 2.89. The molecule has 0 bridgehead atoms. The molecular weight excluding hydrogens is 260 g/mol. The zero-order chi connectivity index (χ0) is 15.4. The van der Waals surface area contributed by atoms with Gasteiger partial charge < -0.3 is 15.8 Å². The molecule has 2 amide bonds. The van der Waals surface area contributed by atoms with Crippen molar-refractivity contribution in [2.45, 2.75) is 64.8 Å². The summed E-state index contributed by atoms with van der Waals surface area (Å²) < 4.78 is 4.73. The number of ether oxygens (including phenoxy) is 1. The zero-order valence-electron chi connectivity index (χ0n) is 12.4. The molecule has 0 rings (SSSR count). The first-order chi connectivity index (χ1) is 9.51. The van der Waals surface area contributed by atoms with Crippen LogP contribution in [-0.2, 0) is 19.1 Å². The highest BCUT2D eigenvalue weighted by Gasteiger charge is 2.18. The van der Waals surface area contributed by atoms with E-state index in [1.165, 1.54) is 0 Å². The van der Waals surface area contributed by atoms with Crippen molar-refractivity contribution in [3.05, 3.63) is 0 Å². The summed E-state index contributed by atoms with van der Waals surface area (Å²) in [6.45, 7) is 4.10. The van der Waals surface area contributed by atoms with Gasteiger partial charge in [-0.2, -0.15) is 0 Å². The predicted molar refractivity (Wildman–Crippen MR) is 75.8 cm³/mol. The van der Waals surface area contributed by atoms with Crippen LogP contribution in [0.2, 0.25) is 0 Å². The third-order valence-electron chi connectivity index (χ3n) is 2.89. The van der Waals surface area contributed by atoms with E-state index in [-0.39, 0.29) is 18.7 Å². The molecule has 1 atom stereocenters. The van der Waals surface area contributed by atoms with E-state index in [4.69, 9.17) is 10.5 Å². The van der Waals surface area contributed by atoms with Crippen LogP contribution in [0.15, 0.2) is 0 Å². The smallest absolute Gasteiger partial charge is 0.306 e. The topological polar surface area (TPSA) is 98.5 Å². The van der Waals surface area contributed by atoms with Crippen LogP contribution in [0.25, 0.3) is 0 Å². The maximum absolute atomic E-state index is 11.6. The van der Waals surface area contributed by atoms with Gasteiger partial charge in [-0.05, 0) is 13.3 Å². The normalized spacial score (nSPS) is 11.7. The number of hydrogen-bond donors (Lipinski definition) is 2. The van der Waals surface area contributed by atoms with E-state index in [9.17, 15) is 14.4 Å². The molecule has 0 radical (unpaired) electrons. The highest BCUT2D eigenvalue weighted by Crippen LogP contribution is 2.06. The molecule has 0 aromatic rings. The minimum absolute atomic E-state index is 0.0115. The molecule has 20 heavy (non-hydrogen) atoms. The van der Waals surface area contributed by atoms with Gasteiger partial charge in [0, 0.05) is 6.42 Å². The molecule has 6 heteroatoms. The lowest BCUT2D eigenvalue weighted by atomic mass is 10.1. The number of nitrogens with two attached hydrogens (primary N) is 1. The molecule has 0 aromatic carbocycles. The Balaban J connectivity index is 4.01. The van der Waals surface area contributed by atoms with E-state index in [0.29, 0.717) is 13.0 Å². The maximum atomic E-state index is 11.6. The second-order valence-corrected chi connectivity index (χ2v) is 4.68. The molecule has 0 saturated carbocycles. The fraction of sp³-hybridized carbons (Fsp3) is 0.786. The van der Waals surface area contributed by atoms with Crippen molar-refractivity contribution in [3.8, 4) is 0 Å². The van der Waals surface area contributed by atoms with E-state index in [1.807, 2.05) is 0 Å². The molecule has 0 spiro atoms. The number of carbonyl (C=O) groups excluding carboxylic acids is 3. The van der Waals surface area contributed by atoms with Gasteiger partial charge in [-0.15, -0.1) is 0 Å². The number of hydrogen-bond acceptors (Lipinski definition) is 4. The lowest BCUT2D eigenvalue weighted by Gasteiger charge is -2.15. The maximum Gasteiger partial charge on any atom is 0.306 e. The Morgan fingerprint density at radius 3 is 2.35 bits per heavy atom. The minimum atomic E-state index is -0.651. The van der Waals surface area contributed by atoms with Gasteiger partial charge in [-0.3, -0.25) is 14.4 Å². The van der Waals surface area contributed by atoms with Crippen molar-refractivity contribution in [3.63, 3.8) is 0 Å². The SMILES string of the molecule is CCCCCC[C@@H](NC(=O)CCC(=O)OCC)C(N)=O. The molecule has 116 valence electrons. The Labute approximate surface area is 120 Å². The number of esters is 1. The Morgan fingerprint density at radius 2 is 1.80 bits per heavy atom. The van der Waals surface area contributed by atoms with Crippen LogP contribution < -0.4 is 11.1 Å². The Morgan fingerprint density at radius 1 is 1.10 bits per heavy atom. The number of carbonyl (C=O) groups is 3. The minimum Gasteiger partial charge on any atom is -0.466 e. The van der Waals surface area contributed by atoms with Crippen LogP contribution in [0, 0.1) is 0 Å². The van der Waals surface area contributed by atoms with Crippen LogP contribution in [0.5, 0.6) is 0 Å². The monoisotopic (exact) mass is 286 g/mol. The van der Waals surface area contributed by atoms with Crippen molar-refractivity contribution in [1.82, 2.24) is 5.32 Å². The molecule has 0 aliphatic carbocycles. The number of nitrogens with one attached hydrogen (secondary N) is 1. The standard InChI is InChI=1S/C14H26N2O4/c1-3-5-6-7-8-11(14(15)19)16-12(17)9-10-13(18)20-4-2/h11H,3-10H2,1-2H3,(H2,15,19)(H,16,17)/t11-/m1/s1. The molecule has 0 aliphatic rings.